The molecular formula is C19H21F2N7O2S. The van der Waals surface area contributed by atoms with Crippen LogP contribution in [0.2, 0.25) is 0 Å². The molecule has 0 amide bonds. The van der Waals surface area contributed by atoms with Crippen LogP contribution in [0.4, 0.5) is 14.6 Å². The zero-order chi connectivity index (χ0) is 21.8. The van der Waals surface area contributed by atoms with Gasteiger partial charge in [-0.05, 0) is 25.5 Å². The molecule has 0 radical (unpaired) electrons. The minimum Gasteiger partial charge on any atom is -0.355 e. The Bertz CT molecular complexity index is 1220. The molecule has 31 heavy (non-hydrogen) atoms. The molecule has 2 aliphatic rings. The molecule has 0 atom stereocenters. The van der Waals surface area contributed by atoms with Crippen molar-refractivity contribution >= 4 is 27.0 Å². The molecule has 0 aromatic carbocycles. The number of aromatic nitrogens is 5. The Morgan fingerprint density at radius 3 is 2.65 bits per heavy atom. The van der Waals surface area contributed by atoms with Gasteiger partial charge in [0.05, 0.1) is 12.4 Å². The van der Waals surface area contributed by atoms with Crippen molar-refractivity contribution in [1.29, 1.82) is 0 Å². The fourth-order valence-corrected chi connectivity index (χ4v) is 5.88. The Morgan fingerprint density at radius 1 is 1.13 bits per heavy atom. The summed E-state index contributed by atoms with van der Waals surface area (Å²) < 4.78 is 53.9. The molecule has 0 N–H and O–H groups in total. The third kappa shape index (κ3) is 3.53. The van der Waals surface area contributed by atoms with Gasteiger partial charge in [-0.25, -0.2) is 31.8 Å². The average Bonchev–Trinajstić information content (AvgIpc) is 3.31. The fraction of sp³-hybridized carbons (Fsp3) is 0.474. The summed E-state index contributed by atoms with van der Waals surface area (Å²) in [6, 6.07) is 3.27. The highest BCUT2D eigenvalue weighted by atomic mass is 32.2. The first-order valence-corrected chi connectivity index (χ1v) is 11.3. The van der Waals surface area contributed by atoms with Crippen LogP contribution in [0.25, 0.3) is 11.2 Å². The molecule has 12 heteroatoms. The van der Waals surface area contributed by atoms with Gasteiger partial charge in [-0.3, -0.25) is 4.98 Å². The maximum absolute atomic E-state index is 12.8. The standard InChI is InChI=1S/C19H21F2N7O2S/c1-13-2-3-14(6-22-13)31(29,30)27-11-19(12-27)4-5-26(10-19)17-8-23-15-7-24-28(9-16(20)21)18(15)25-17/h2-3,6-8,16H,4-5,9-12H2,1H3. The van der Waals surface area contributed by atoms with E-state index in [9.17, 15) is 17.2 Å². The normalized spacial score (nSPS) is 18.9. The zero-order valence-electron chi connectivity index (χ0n) is 16.8. The first kappa shape index (κ1) is 20.2. The number of hydrogen-bond donors (Lipinski definition) is 0. The van der Waals surface area contributed by atoms with Crippen LogP contribution in [0.1, 0.15) is 12.1 Å². The summed E-state index contributed by atoms with van der Waals surface area (Å²) in [5.74, 6) is 0.587. The predicted molar refractivity (Wildman–Crippen MR) is 108 cm³/mol. The van der Waals surface area contributed by atoms with E-state index in [2.05, 4.69) is 20.1 Å². The van der Waals surface area contributed by atoms with Crippen molar-refractivity contribution in [1.82, 2.24) is 29.0 Å². The number of alkyl halides is 2. The summed E-state index contributed by atoms with van der Waals surface area (Å²) in [4.78, 5) is 15.1. The summed E-state index contributed by atoms with van der Waals surface area (Å²) in [5.41, 5.74) is 1.40. The first-order valence-electron chi connectivity index (χ1n) is 9.90. The number of nitrogens with zero attached hydrogens (tertiary/aromatic N) is 7. The number of anilines is 1. The van der Waals surface area contributed by atoms with Gasteiger partial charge in [-0.1, -0.05) is 0 Å². The third-order valence-corrected chi connectivity index (χ3v) is 7.73. The lowest BCUT2D eigenvalue weighted by molar-refractivity contribution is 0.0935. The zero-order valence-corrected chi connectivity index (χ0v) is 17.6. The van der Waals surface area contributed by atoms with Gasteiger partial charge in [-0.15, -0.1) is 0 Å². The lowest BCUT2D eigenvalue weighted by Gasteiger charge is -2.46. The largest absolute Gasteiger partial charge is 0.355 e. The molecular weight excluding hydrogens is 428 g/mol. The maximum atomic E-state index is 12.8. The van der Waals surface area contributed by atoms with E-state index in [4.69, 9.17) is 0 Å². The van der Waals surface area contributed by atoms with Crippen LogP contribution in [0.5, 0.6) is 0 Å². The summed E-state index contributed by atoms with van der Waals surface area (Å²) in [6.45, 7) is 3.46. The quantitative estimate of drug-likeness (QED) is 0.585. The number of pyridine rings is 1. The number of sulfonamides is 1. The molecule has 0 unspecified atom stereocenters. The second kappa shape index (κ2) is 7.16. The Morgan fingerprint density at radius 2 is 1.94 bits per heavy atom. The van der Waals surface area contributed by atoms with Gasteiger partial charge < -0.3 is 4.90 Å². The van der Waals surface area contributed by atoms with Crippen LogP contribution in [0, 0.1) is 12.3 Å². The molecule has 2 aliphatic heterocycles. The molecule has 3 aromatic rings. The molecule has 5 rings (SSSR count). The molecule has 5 heterocycles. The molecule has 0 saturated carbocycles. The molecule has 2 saturated heterocycles. The average molecular weight is 449 g/mol. The molecule has 2 fully saturated rings. The Labute approximate surface area is 177 Å². The van der Waals surface area contributed by atoms with Crippen LogP contribution < -0.4 is 4.90 Å². The maximum Gasteiger partial charge on any atom is 0.258 e. The van der Waals surface area contributed by atoms with E-state index in [-0.39, 0.29) is 10.3 Å². The van der Waals surface area contributed by atoms with Crippen molar-refractivity contribution in [3.8, 4) is 0 Å². The Hall–Kier alpha value is -2.73. The lowest BCUT2D eigenvalue weighted by Crippen LogP contribution is -2.59. The van der Waals surface area contributed by atoms with E-state index in [1.807, 2.05) is 11.8 Å². The van der Waals surface area contributed by atoms with Gasteiger partial charge >= 0.3 is 0 Å². The summed E-state index contributed by atoms with van der Waals surface area (Å²) in [5, 5.41) is 3.94. The summed E-state index contributed by atoms with van der Waals surface area (Å²) in [7, 11) is -3.56. The second-order valence-corrected chi connectivity index (χ2v) is 10.2. The van der Waals surface area contributed by atoms with Gasteiger partial charge in [0.1, 0.15) is 22.8 Å². The summed E-state index contributed by atoms with van der Waals surface area (Å²) >= 11 is 0. The smallest absolute Gasteiger partial charge is 0.258 e. The molecule has 3 aromatic heterocycles. The van der Waals surface area contributed by atoms with E-state index < -0.39 is 23.0 Å². The predicted octanol–water partition coefficient (Wildman–Crippen LogP) is 1.70. The molecule has 1 spiro atoms. The highest BCUT2D eigenvalue weighted by molar-refractivity contribution is 7.89. The van der Waals surface area contributed by atoms with Gasteiger partial charge in [0.15, 0.2) is 5.65 Å². The van der Waals surface area contributed by atoms with Gasteiger partial charge in [0, 0.05) is 43.5 Å². The topological polar surface area (TPSA) is 97.1 Å². The van der Waals surface area contributed by atoms with Crippen molar-refractivity contribution in [3.05, 3.63) is 36.4 Å². The van der Waals surface area contributed by atoms with E-state index >= 15 is 0 Å². The minimum atomic E-state index is -3.56. The molecule has 164 valence electrons. The number of fused-ring (bicyclic) bond motifs is 1. The third-order valence-electron chi connectivity index (χ3n) is 5.95. The van der Waals surface area contributed by atoms with Crippen molar-refractivity contribution in [2.75, 3.05) is 31.1 Å². The van der Waals surface area contributed by atoms with Crippen molar-refractivity contribution in [2.24, 2.45) is 5.41 Å². The van der Waals surface area contributed by atoms with Crippen LogP contribution in [0.3, 0.4) is 0 Å². The van der Waals surface area contributed by atoms with E-state index in [1.54, 1.807) is 18.3 Å². The van der Waals surface area contributed by atoms with E-state index in [0.29, 0.717) is 43.2 Å². The van der Waals surface area contributed by atoms with Gasteiger partial charge in [0.25, 0.3) is 6.43 Å². The lowest BCUT2D eigenvalue weighted by atomic mass is 9.81. The SMILES string of the molecule is Cc1ccc(S(=O)(=O)N2CC3(CCN(c4cnc5cnn(CC(F)F)c5n4)C3)C2)cn1. The monoisotopic (exact) mass is 449 g/mol. The van der Waals surface area contributed by atoms with Crippen LogP contribution >= 0.6 is 0 Å². The molecule has 0 bridgehead atoms. The summed E-state index contributed by atoms with van der Waals surface area (Å²) in [6.07, 6.45) is 2.72. The minimum absolute atomic E-state index is 0.148. The Kier molecular flexibility index (Phi) is 4.66. The fourth-order valence-electron chi connectivity index (χ4n) is 4.27. The van der Waals surface area contributed by atoms with Crippen LogP contribution in [-0.2, 0) is 16.6 Å². The van der Waals surface area contributed by atoms with Crippen molar-refractivity contribution in [2.45, 2.75) is 31.2 Å². The van der Waals surface area contributed by atoms with E-state index in [0.717, 1.165) is 16.8 Å². The number of rotatable bonds is 5. The number of aryl methyl sites for hydroxylation is 1. The number of hydrogen-bond acceptors (Lipinski definition) is 7. The Balaban J connectivity index is 1.30. The second-order valence-electron chi connectivity index (χ2n) is 8.23. The highest BCUT2D eigenvalue weighted by Crippen LogP contribution is 2.43. The first-order chi connectivity index (χ1) is 14.8. The van der Waals surface area contributed by atoms with Gasteiger partial charge in [-0.2, -0.15) is 9.40 Å². The van der Waals surface area contributed by atoms with Crippen molar-refractivity contribution < 1.29 is 17.2 Å². The molecule has 9 nitrogen and oxygen atoms in total. The van der Waals surface area contributed by atoms with Crippen LogP contribution in [-0.4, -0.2) is 70.1 Å². The highest BCUT2D eigenvalue weighted by Gasteiger charge is 2.52. The van der Waals surface area contributed by atoms with Crippen molar-refractivity contribution in [3.63, 3.8) is 0 Å². The molecule has 0 aliphatic carbocycles. The van der Waals surface area contributed by atoms with Crippen LogP contribution in [0.15, 0.2) is 35.6 Å². The van der Waals surface area contributed by atoms with Gasteiger partial charge in [0.2, 0.25) is 10.0 Å². The van der Waals surface area contributed by atoms with E-state index in [1.165, 1.54) is 16.7 Å². The number of halogens is 2.